The molecule has 70 valence electrons. The molecule has 0 unspecified atom stereocenters. The van der Waals surface area contributed by atoms with E-state index in [2.05, 4.69) is 9.82 Å². The van der Waals surface area contributed by atoms with Crippen LogP contribution in [0.3, 0.4) is 0 Å². The van der Waals surface area contributed by atoms with Gasteiger partial charge in [-0.1, -0.05) is 0 Å². The molecule has 1 aliphatic carbocycles. The Morgan fingerprint density at radius 1 is 1.62 bits per heavy atom. The zero-order valence-corrected chi connectivity index (χ0v) is 7.16. The van der Waals surface area contributed by atoms with Gasteiger partial charge in [0.15, 0.2) is 0 Å². The third-order valence-electron chi connectivity index (χ3n) is 2.47. The summed E-state index contributed by atoms with van der Waals surface area (Å²) in [6, 6.07) is 3.00. The largest absolute Gasteiger partial charge is 0.304 e. The normalized spacial score (nSPS) is 18.6. The van der Waals surface area contributed by atoms with Gasteiger partial charge in [0, 0.05) is 11.6 Å². The highest BCUT2D eigenvalue weighted by Crippen LogP contribution is 2.47. The summed E-state index contributed by atoms with van der Waals surface area (Å²) in [7, 11) is 0. The van der Waals surface area contributed by atoms with Crippen LogP contribution >= 0.6 is 0 Å². The number of hydrogen-bond donors (Lipinski definition) is 1. The monoisotopic (exact) mass is 182 g/mol. The Bertz CT molecular complexity index is 312. The average Bonchev–Trinajstić information content (AvgIpc) is 2.87. The summed E-state index contributed by atoms with van der Waals surface area (Å²) >= 11 is 0. The second-order valence-corrected chi connectivity index (χ2v) is 3.43. The second-order valence-electron chi connectivity index (χ2n) is 3.43. The summed E-state index contributed by atoms with van der Waals surface area (Å²) in [5.41, 5.74) is 0.237. The number of aromatic nitrogens is 1. The Kier molecular flexibility index (Phi) is 2.01. The van der Waals surface area contributed by atoms with Crippen LogP contribution < -0.4 is 5.90 Å². The first-order chi connectivity index (χ1) is 6.28. The van der Waals surface area contributed by atoms with Crippen molar-refractivity contribution in [2.24, 2.45) is 5.90 Å². The quantitative estimate of drug-likeness (QED) is 0.713. The van der Waals surface area contributed by atoms with Crippen LogP contribution in [0.15, 0.2) is 18.3 Å². The minimum atomic E-state index is -0.267. The zero-order valence-electron chi connectivity index (χ0n) is 7.16. The molecule has 0 bridgehead atoms. The first-order valence-electron chi connectivity index (χ1n) is 4.21. The van der Waals surface area contributed by atoms with E-state index < -0.39 is 0 Å². The molecule has 1 aliphatic rings. The van der Waals surface area contributed by atoms with Gasteiger partial charge in [-0.15, -0.1) is 0 Å². The molecule has 2 N–H and O–H groups in total. The van der Waals surface area contributed by atoms with E-state index in [0.29, 0.717) is 12.3 Å². The Morgan fingerprint density at radius 3 is 2.92 bits per heavy atom. The van der Waals surface area contributed by atoms with Crippen molar-refractivity contribution in [3.63, 3.8) is 0 Å². The van der Waals surface area contributed by atoms with Crippen molar-refractivity contribution in [1.29, 1.82) is 0 Å². The predicted octanol–water partition coefficient (Wildman–Crippen LogP) is 1.14. The summed E-state index contributed by atoms with van der Waals surface area (Å²) < 4.78 is 13.3. The SMILES string of the molecule is NOCC1(c2ncccc2F)CC1. The van der Waals surface area contributed by atoms with E-state index in [-0.39, 0.29) is 11.2 Å². The van der Waals surface area contributed by atoms with Gasteiger partial charge in [0.25, 0.3) is 0 Å². The van der Waals surface area contributed by atoms with E-state index in [9.17, 15) is 4.39 Å². The van der Waals surface area contributed by atoms with Crippen molar-refractivity contribution < 1.29 is 9.23 Å². The molecule has 13 heavy (non-hydrogen) atoms. The van der Waals surface area contributed by atoms with Crippen molar-refractivity contribution >= 4 is 0 Å². The lowest BCUT2D eigenvalue weighted by Gasteiger charge is -2.12. The standard InChI is InChI=1S/C9H11FN2O/c10-7-2-1-5-12-8(7)9(3-4-9)6-13-11/h1-2,5H,3-4,6,11H2. The molecular formula is C9H11FN2O. The van der Waals surface area contributed by atoms with Crippen LogP contribution in [0.5, 0.6) is 0 Å². The lowest BCUT2D eigenvalue weighted by molar-refractivity contribution is 0.114. The van der Waals surface area contributed by atoms with Crippen LogP contribution in [0.4, 0.5) is 4.39 Å². The number of hydrogen-bond acceptors (Lipinski definition) is 3. The summed E-state index contributed by atoms with van der Waals surface area (Å²) in [6.45, 7) is 0.348. The third kappa shape index (κ3) is 1.43. The molecule has 3 nitrogen and oxygen atoms in total. The van der Waals surface area contributed by atoms with E-state index in [1.54, 1.807) is 12.3 Å². The lowest BCUT2D eigenvalue weighted by atomic mass is 10.0. The van der Waals surface area contributed by atoms with Crippen LogP contribution in [-0.2, 0) is 10.3 Å². The van der Waals surface area contributed by atoms with Gasteiger partial charge in [0.05, 0.1) is 12.3 Å². The van der Waals surface area contributed by atoms with Crippen molar-refractivity contribution in [3.8, 4) is 0 Å². The van der Waals surface area contributed by atoms with Crippen LogP contribution in [0, 0.1) is 5.82 Å². The highest BCUT2D eigenvalue weighted by molar-refractivity contribution is 5.25. The summed E-state index contributed by atoms with van der Waals surface area (Å²) in [4.78, 5) is 8.59. The van der Waals surface area contributed by atoms with Crippen molar-refractivity contribution in [1.82, 2.24) is 4.98 Å². The third-order valence-corrected chi connectivity index (χ3v) is 2.47. The molecule has 1 heterocycles. The van der Waals surface area contributed by atoms with E-state index >= 15 is 0 Å². The smallest absolute Gasteiger partial charge is 0.145 e. The molecule has 1 aromatic rings. The number of halogens is 1. The van der Waals surface area contributed by atoms with Gasteiger partial charge < -0.3 is 4.84 Å². The Hall–Kier alpha value is -1.00. The van der Waals surface area contributed by atoms with Gasteiger partial charge in [-0.25, -0.2) is 10.3 Å². The van der Waals surface area contributed by atoms with Crippen LogP contribution in [-0.4, -0.2) is 11.6 Å². The molecule has 0 atom stereocenters. The van der Waals surface area contributed by atoms with Gasteiger partial charge in [0.1, 0.15) is 5.82 Å². The van der Waals surface area contributed by atoms with Crippen LogP contribution in [0.25, 0.3) is 0 Å². The Balaban J connectivity index is 2.30. The molecule has 1 fully saturated rings. The molecule has 0 radical (unpaired) electrons. The summed E-state index contributed by atoms with van der Waals surface area (Å²) in [5.74, 6) is 4.73. The van der Waals surface area contributed by atoms with Gasteiger partial charge >= 0.3 is 0 Å². The van der Waals surface area contributed by atoms with Crippen LogP contribution in [0.2, 0.25) is 0 Å². The summed E-state index contributed by atoms with van der Waals surface area (Å²) in [6.07, 6.45) is 3.39. The number of rotatable bonds is 3. The topological polar surface area (TPSA) is 48.1 Å². The maximum absolute atomic E-state index is 13.3. The fraction of sp³-hybridized carbons (Fsp3) is 0.444. The van der Waals surface area contributed by atoms with Gasteiger partial charge in [0.2, 0.25) is 0 Å². The first-order valence-corrected chi connectivity index (χ1v) is 4.21. The molecule has 0 amide bonds. The predicted molar refractivity (Wildman–Crippen MR) is 45.2 cm³/mol. The maximum Gasteiger partial charge on any atom is 0.145 e. The highest BCUT2D eigenvalue weighted by atomic mass is 19.1. The molecule has 0 saturated heterocycles. The van der Waals surface area contributed by atoms with Gasteiger partial charge in [-0.05, 0) is 25.0 Å². The minimum Gasteiger partial charge on any atom is -0.304 e. The van der Waals surface area contributed by atoms with Crippen molar-refractivity contribution in [2.45, 2.75) is 18.3 Å². The van der Waals surface area contributed by atoms with Crippen molar-refractivity contribution in [3.05, 3.63) is 29.8 Å². The maximum atomic E-state index is 13.3. The van der Waals surface area contributed by atoms with Crippen molar-refractivity contribution in [2.75, 3.05) is 6.61 Å². The molecule has 1 aromatic heterocycles. The molecule has 2 rings (SSSR count). The van der Waals surface area contributed by atoms with E-state index in [1.165, 1.54) is 6.07 Å². The van der Waals surface area contributed by atoms with Gasteiger partial charge in [-0.2, -0.15) is 0 Å². The fourth-order valence-corrected chi connectivity index (χ4v) is 1.54. The molecule has 0 spiro atoms. The Labute approximate surface area is 75.7 Å². The number of nitrogens with two attached hydrogens (primary N) is 1. The lowest BCUT2D eigenvalue weighted by Crippen LogP contribution is -2.20. The van der Waals surface area contributed by atoms with E-state index in [0.717, 1.165) is 12.8 Å². The van der Waals surface area contributed by atoms with Crippen LogP contribution in [0.1, 0.15) is 18.5 Å². The highest BCUT2D eigenvalue weighted by Gasteiger charge is 2.47. The molecule has 0 aromatic carbocycles. The summed E-state index contributed by atoms with van der Waals surface area (Å²) in [5, 5.41) is 0. The average molecular weight is 182 g/mol. The van der Waals surface area contributed by atoms with Gasteiger partial charge in [-0.3, -0.25) is 4.98 Å². The first kappa shape index (κ1) is 8.59. The molecule has 0 aliphatic heterocycles. The fourth-order valence-electron chi connectivity index (χ4n) is 1.54. The van der Waals surface area contributed by atoms with E-state index in [4.69, 9.17) is 5.90 Å². The zero-order chi connectivity index (χ0) is 9.31. The van der Waals surface area contributed by atoms with E-state index in [1.807, 2.05) is 0 Å². The Morgan fingerprint density at radius 2 is 2.38 bits per heavy atom. The molecular weight excluding hydrogens is 171 g/mol. The second kappa shape index (κ2) is 3.05. The molecule has 4 heteroatoms. The molecule has 1 saturated carbocycles. The number of nitrogens with zero attached hydrogens (tertiary/aromatic N) is 1. The minimum absolute atomic E-state index is 0.250. The number of pyridine rings is 1.